The quantitative estimate of drug-likeness (QED) is 0.553. The minimum absolute atomic E-state index is 0.182. The van der Waals surface area contributed by atoms with Crippen molar-refractivity contribution in [2.24, 2.45) is 0 Å². The molecular formula is C19H14ClN3O. The maximum atomic E-state index is 12.8. The number of fused-ring (bicyclic) bond motifs is 1. The van der Waals surface area contributed by atoms with Gasteiger partial charge >= 0.3 is 0 Å². The molecule has 24 heavy (non-hydrogen) atoms. The predicted octanol–water partition coefficient (Wildman–Crippen LogP) is 4.11. The maximum absolute atomic E-state index is 12.8. The molecule has 4 rings (SSSR count). The Labute approximate surface area is 143 Å². The van der Waals surface area contributed by atoms with Crippen LogP contribution in [0.1, 0.15) is 5.56 Å². The van der Waals surface area contributed by atoms with Crippen LogP contribution in [0.5, 0.6) is 0 Å². The summed E-state index contributed by atoms with van der Waals surface area (Å²) in [6.07, 6.45) is 5.41. The molecule has 0 spiro atoms. The first-order valence-electron chi connectivity index (χ1n) is 7.55. The molecule has 5 heteroatoms. The number of hydrogen-bond donors (Lipinski definition) is 0. The van der Waals surface area contributed by atoms with E-state index in [9.17, 15) is 4.79 Å². The van der Waals surface area contributed by atoms with Gasteiger partial charge < -0.3 is 4.40 Å². The van der Waals surface area contributed by atoms with Gasteiger partial charge in [-0.25, -0.2) is 4.98 Å². The molecule has 0 saturated carbocycles. The van der Waals surface area contributed by atoms with Gasteiger partial charge in [0.1, 0.15) is 0 Å². The number of aromatic nitrogens is 3. The van der Waals surface area contributed by atoms with Crippen molar-refractivity contribution in [3.63, 3.8) is 0 Å². The molecule has 0 N–H and O–H groups in total. The van der Waals surface area contributed by atoms with Gasteiger partial charge in [-0.05, 0) is 25.1 Å². The first-order valence-corrected chi connectivity index (χ1v) is 7.93. The van der Waals surface area contributed by atoms with Gasteiger partial charge in [0.25, 0.3) is 5.56 Å². The number of rotatable bonds is 2. The van der Waals surface area contributed by atoms with Crippen LogP contribution in [0.2, 0.25) is 5.02 Å². The predicted molar refractivity (Wildman–Crippen MR) is 96.0 cm³/mol. The van der Waals surface area contributed by atoms with Gasteiger partial charge in [-0.1, -0.05) is 47.5 Å². The standard InChI is InChI=1S/C19H14ClN3O/c1-13-5-7-14(8-6-13)17-12-22-9-10-23(19(24)18(22)21-17)16-4-2-3-15(20)11-16/h2-12H,1H3. The molecule has 2 heterocycles. The van der Waals surface area contributed by atoms with Gasteiger partial charge in [-0.3, -0.25) is 9.36 Å². The molecule has 0 atom stereocenters. The molecule has 0 aliphatic heterocycles. The van der Waals surface area contributed by atoms with Crippen LogP contribution in [0.25, 0.3) is 22.6 Å². The molecule has 0 aliphatic rings. The number of aryl methyl sites for hydroxylation is 1. The van der Waals surface area contributed by atoms with Gasteiger partial charge in [0, 0.05) is 29.2 Å². The fourth-order valence-corrected chi connectivity index (χ4v) is 2.86. The zero-order valence-corrected chi connectivity index (χ0v) is 13.7. The Hall–Kier alpha value is -2.85. The Kier molecular flexibility index (Phi) is 3.47. The van der Waals surface area contributed by atoms with Gasteiger partial charge in [-0.15, -0.1) is 0 Å². The second-order valence-corrected chi connectivity index (χ2v) is 6.11. The molecule has 118 valence electrons. The van der Waals surface area contributed by atoms with Crippen molar-refractivity contribution >= 4 is 17.2 Å². The zero-order chi connectivity index (χ0) is 16.7. The minimum Gasteiger partial charge on any atom is -0.300 e. The highest BCUT2D eigenvalue weighted by molar-refractivity contribution is 6.30. The Morgan fingerprint density at radius 2 is 1.83 bits per heavy atom. The van der Waals surface area contributed by atoms with Gasteiger partial charge in [0.05, 0.1) is 11.4 Å². The number of benzene rings is 2. The average molecular weight is 336 g/mol. The lowest BCUT2D eigenvalue weighted by atomic mass is 10.1. The summed E-state index contributed by atoms with van der Waals surface area (Å²) in [6, 6.07) is 15.3. The molecule has 0 amide bonds. The van der Waals surface area contributed by atoms with Crippen LogP contribution in [0.4, 0.5) is 0 Å². The zero-order valence-electron chi connectivity index (χ0n) is 13.0. The molecule has 0 aliphatic carbocycles. The van der Waals surface area contributed by atoms with E-state index in [0.29, 0.717) is 10.7 Å². The summed E-state index contributed by atoms with van der Waals surface area (Å²) < 4.78 is 3.30. The SMILES string of the molecule is Cc1ccc(-c2cn3ccn(-c4cccc(Cl)c4)c(=O)c3n2)cc1. The second-order valence-electron chi connectivity index (χ2n) is 5.68. The summed E-state index contributed by atoms with van der Waals surface area (Å²) in [6.45, 7) is 2.04. The third kappa shape index (κ3) is 2.51. The average Bonchev–Trinajstić information content (AvgIpc) is 3.01. The van der Waals surface area contributed by atoms with Crippen LogP contribution in [-0.2, 0) is 0 Å². The molecule has 2 aromatic heterocycles. The first-order chi connectivity index (χ1) is 11.6. The Morgan fingerprint density at radius 1 is 1.04 bits per heavy atom. The molecule has 0 bridgehead atoms. The maximum Gasteiger partial charge on any atom is 0.298 e. The van der Waals surface area contributed by atoms with E-state index in [2.05, 4.69) is 4.98 Å². The second kappa shape index (κ2) is 5.65. The first kappa shape index (κ1) is 14.7. The van der Waals surface area contributed by atoms with Crippen molar-refractivity contribution < 1.29 is 0 Å². The molecule has 0 unspecified atom stereocenters. The number of imidazole rings is 1. The number of halogens is 1. The van der Waals surface area contributed by atoms with E-state index in [1.165, 1.54) is 5.56 Å². The Balaban J connectivity index is 1.88. The lowest BCUT2D eigenvalue weighted by Crippen LogP contribution is -2.19. The van der Waals surface area contributed by atoms with Crippen LogP contribution in [0, 0.1) is 6.92 Å². The lowest BCUT2D eigenvalue weighted by Gasteiger charge is -2.05. The van der Waals surface area contributed by atoms with Crippen molar-refractivity contribution in [2.75, 3.05) is 0 Å². The highest BCUT2D eigenvalue weighted by Crippen LogP contribution is 2.19. The summed E-state index contributed by atoms with van der Waals surface area (Å²) >= 11 is 6.03. The molecule has 2 aromatic carbocycles. The summed E-state index contributed by atoms with van der Waals surface area (Å²) in [5.74, 6) is 0. The molecule has 0 radical (unpaired) electrons. The lowest BCUT2D eigenvalue weighted by molar-refractivity contribution is 0.950. The molecule has 4 aromatic rings. The van der Waals surface area contributed by atoms with Crippen LogP contribution < -0.4 is 5.56 Å². The summed E-state index contributed by atoms with van der Waals surface area (Å²) in [5.41, 5.74) is 3.86. The summed E-state index contributed by atoms with van der Waals surface area (Å²) in [5, 5.41) is 0.586. The third-order valence-electron chi connectivity index (χ3n) is 3.95. The molecule has 4 nitrogen and oxygen atoms in total. The Bertz CT molecular complexity index is 1090. The van der Waals surface area contributed by atoms with Crippen molar-refractivity contribution in [3.8, 4) is 16.9 Å². The van der Waals surface area contributed by atoms with Crippen molar-refractivity contribution in [1.29, 1.82) is 0 Å². The highest BCUT2D eigenvalue weighted by Gasteiger charge is 2.10. The van der Waals surface area contributed by atoms with E-state index in [0.717, 1.165) is 16.9 Å². The van der Waals surface area contributed by atoms with E-state index in [1.807, 2.05) is 55.7 Å². The van der Waals surface area contributed by atoms with E-state index < -0.39 is 0 Å². The monoisotopic (exact) mass is 335 g/mol. The van der Waals surface area contributed by atoms with E-state index in [1.54, 1.807) is 27.3 Å². The third-order valence-corrected chi connectivity index (χ3v) is 4.19. The molecular weight excluding hydrogens is 322 g/mol. The van der Waals surface area contributed by atoms with Gasteiger partial charge in [0.2, 0.25) is 5.65 Å². The van der Waals surface area contributed by atoms with Crippen LogP contribution >= 0.6 is 11.6 Å². The van der Waals surface area contributed by atoms with E-state index in [-0.39, 0.29) is 5.56 Å². The summed E-state index contributed by atoms with van der Waals surface area (Å²) in [4.78, 5) is 17.3. The van der Waals surface area contributed by atoms with Crippen molar-refractivity contribution in [1.82, 2.24) is 14.0 Å². The number of hydrogen-bond acceptors (Lipinski definition) is 2. The molecule has 0 saturated heterocycles. The fraction of sp³-hybridized carbons (Fsp3) is 0.0526. The van der Waals surface area contributed by atoms with Crippen molar-refractivity contribution in [2.45, 2.75) is 6.92 Å². The summed E-state index contributed by atoms with van der Waals surface area (Å²) in [7, 11) is 0. The van der Waals surface area contributed by atoms with Gasteiger partial charge in [-0.2, -0.15) is 0 Å². The normalized spacial score (nSPS) is 11.1. The topological polar surface area (TPSA) is 39.3 Å². The van der Waals surface area contributed by atoms with Crippen molar-refractivity contribution in [3.05, 3.63) is 88.1 Å². The fourth-order valence-electron chi connectivity index (χ4n) is 2.67. The minimum atomic E-state index is -0.182. The number of nitrogens with zero attached hydrogens (tertiary/aromatic N) is 3. The van der Waals surface area contributed by atoms with E-state index in [4.69, 9.17) is 11.6 Å². The molecule has 0 fully saturated rings. The van der Waals surface area contributed by atoms with Crippen LogP contribution in [-0.4, -0.2) is 14.0 Å². The van der Waals surface area contributed by atoms with Crippen LogP contribution in [0.3, 0.4) is 0 Å². The smallest absolute Gasteiger partial charge is 0.298 e. The van der Waals surface area contributed by atoms with E-state index >= 15 is 0 Å². The highest BCUT2D eigenvalue weighted by atomic mass is 35.5. The van der Waals surface area contributed by atoms with Crippen LogP contribution in [0.15, 0.2) is 71.9 Å². The largest absolute Gasteiger partial charge is 0.300 e. The Morgan fingerprint density at radius 3 is 2.58 bits per heavy atom. The van der Waals surface area contributed by atoms with Gasteiger partial charge in [0.15, 0.2) is 0 Å².